The van der Waals surface area contributed by atoms with E-state index in [0.29, 0.717) is 0 Å². The van der Waals surface area contributed by atoms with E-state index in [1.54, 1.807) is 24.8 Å². The summed E-state index contributed by atoms with van der Waals surface area (Å²) in [6, 6.07) is 0. The second-order valence-corrected chi connectivity index (χ2v) is 5.42. The number of alkyl halides is 1. The maximum absolute atomic E-state index is 9.96. The van der Waals surface area contributed by atoms with Gasteiger partial charge in [-0.15, -0.1) is 0 Å². The Morgan fingerprint density at radius 2 is 1.39 bits per heavy atom. The molecule has 4 nitrogen and oxygen atoms in total. The number of aryl methyl sites for hydroxylation is 1. The minimum atomic E-state index is -1.00. The Morgan fingerprint density at radius 3 is 1.67 bits per heavy atom. The molecule has 0 spiro atoms. The highest BCUT2D eigenvalue weighted by molar-refractivity contribution is 14.1. The first-order valence-electron chi connectivity index (χ1n) is 5.12. The summed E-state index contributed by atoms with van der Waals surface area (Å²) in [6.07, 6.45) is 6.88. The third-order valence-electron chi connectivity index (χ3n) is 1.34. The van der Waals surface area contributed by atoms with Crippen molar-refractivity contribution in [1.29, 1.82) is 0 Å². The van der Waals surface area contributed by atoms with Crippen LogP contribution in [0.5, 0.6) is 0 Å². The van der Waals surface area contributed by atoms with E-state index in [9.17, 15) is 4.39 Å². The molecule has 0 N–H and O–H groups in total. The second kappa shape index (κ2) is 10.7. The van der Waals surface area contributed by atoms with Gasteiger partial charge in [-0.25, -0.2) is 19.9 Å². The van der Waals surface area contributed by atoms with E-state index >= 15 is 0 Å². The highest BCUT2D eigenvalue weighted by Crippen LogP contribution is 2.04. The number of hydrogen-bond donors (Lipinski definition) is 0. The molecular formula is C10H10Br2FIN4. The molecule has 2 heterocycles. The largest absolute Gasteiger partial charge is 0.255 e. The van der Waals surface area contributed by atoms with Crippen LogP contribution in [0.1, 0.15) is 7.20 Å². The fourth-order valence-electron chi connectivity index (χ4n) is 0.673. The van der Waals surface area contributed by atoms with Gasteiger partial charge in [0, 0.05) is 47.4 Å². The van der Waals surface area contributed by atoms with Crippen LogP contribution in [-0.2, 0) is 0 Å². The molecule has 0 aromatic carbocycles. The van der Waals surface area contributed by atoms with Crippen LogP contribution in [0.3, 0.4) is 0 Å². The van der Waals surface area contributed by atoms with E-state index in [1.807, 2.05) is 6.92 Å². The molecule has 0 fully saturated rings. The van der Waals surface area contributed by atoms with Gasteiger partial charge in [0.2, 0.25) is 0 Å². The van der Waals surface area contributed by atoms with E-state index in [2.05, 4.69) is 74.4 Å². The van der Waals surface area contributed by atoms with Crippen molar-refractivity contribution in [3.63, 3.8) is 0 Å². The summed E-state index contributed by atoms with van der Waals surface area (Å²) in [5.41, 5.74) is 0. The average Bonchev–Trinajstić information content (AvgIpc) is 2.38. The molecule has 2 aromatic heterocycles. The number of rotatable bonds is 0. The SMILES string of the molecule is Brc1cnc(I)nc1.Cc1ncc(Br)cn1.[2H]CF. The lowest BCUT2D eigenvalue weighted by atomic mass is 10.6. The molecular weight excluding hydrogens is 482 g/mol. The van der Waals surface area contributed by atoms with Crippen LogP contribution in [0.15, 0.2) is 33.7 Å². The van der Waals surface area contributed by atoms with Crippen LogP contribution < -0.4 is 0 Å². The first kappa shape index (κ1) is 15.8. The molecule has 0 aliphatic rings. The standard InChI is InChI=1S/C5H5BrN2.C4H2BrIN2.CH3F/c1-4-7-2-5(6)3-8-4;5-3-1-7-4(6)8-2-3;1-2/h2-3H,1H3;1-2H;1H3/i;;1D. The zero-order valence-electron chi connectivity index (χ0n) is 10.3. The predicted octanol–water partition coefficient (Wildman–Crippen LogP) is 3.98. The van der Waals surface area contributed by atoms with Gasteiger partial charge in [-0.05, 0) is 38.8 Å². The predicted molar refractivity (Wildman–Crippen MR) is 84.0 cm³/mol. The van der Waals surface area contributed by atoms with E-state index < -0.39 is 7.15 Å². The van der Waals surface area contributed by atoms with Crippen LogP contribution in [0.25, 0.3) is 0 Å². The van der Waals surface area contributed by atoms with Crippen molar-refractivity contribution in [2.24, 2.45) is 0 Å². The molecule has 8 heteroatoms. The molecule has 0 saturated heterocycles. The number of halogens is 4. The lowest BCUT2D eigenvalue weighted by Crippen LogP contribution is -1.82. The molecule has 0 bridgehead atoms. The van der Waals surface area contributed by atoms with Crippen LogP contribution in [-0.4, -0.2) is 27.1 Å². The number of aromatic nitrogens is 4. The van der Waals surface area contributed by atoms with E-state index in [0.717, 1.165) is 18.6 Å². The van der Waals surface area contributed by atoms with Crippen LogP contribution >= 0.6 is 54.5 Å². The highest BCUT2D eigenvalue weighted by Gasteiger charge is 1.86. The molecule has 0 radical (unpaired) electrons. The van der Waals surface area contributed by atoms with Gasteiger partial charge in [-0.3, -0.25) is 4.39 Å². The minimum absolute atomic E-state index is 0.769. The lowest BCUT2D eigenvalue weighted by Gasteiger charge is -1.87. The summed E-state index contributed by atoms with van der Waals surface area (Å²) in [6.45, 7) is 1.85. The third-order valence-corrected chi connectivity index (χ3v) is 2.71. The Hall–Kier alpha value is -0.220. The summed E-state index contributed by atoms with van der Waals surface area (Å²) in [7, 11) is -1.00. The summed E-state index contributed by atoms with van der Waals surface area (Å²) >= 11 is 8.49. The van der Waals surface area contributed by atoms with Gasteiger partial charge in [0.1, 0.15) is 5.82 Å². The topological polar surface area (TPSA) is 51.6 Å². The van der Waals surface area contributed by atoms with Gasteiger partial charge in [-0.2, -0.15) is 0 Å². The number of nitrogens with zero attached hydrogens (tertiary/aromatic N) is 4. The van der Waals surface area contributed by atoms with Gasteiger partial charge in [0.05, 0.1) is 17.5 Å². The average molecular weight is 493 g/mol. The Balaban J connectivity index is 0.000000284. The second-order valence-electron chi connectivity index (χ2n) is 2.62. The van der Waals surface area contributed by atoms with E-state index in [4.69, 9.17) is 1.37 Å². The van der Waals surface area contributed by atoms with Gasteiger partial charge in [0.15, 0.2) is 3.83 Å². The summed E-state index contributed by atoms with van der Waals surface area (Å²) in [5.74, 6) is 0.799. The van der Waals surface area contributed by atoms with Gasteiger partial charge >= 0.3 is 0 Å². The van der Waals surface area contributed by atoms with Gasteiger partial charge in [-0.1, -0.05) is 0 Å². The Kier molecular flexibility index (Phi) is 9.40. The summed E-state index contributed by atoms with van der Waals surface area (Å²) in [4.78, 5) is 15.7. The number of hydrogen-bond acceptors (Lipinski definition) is 4. The van der Waals surface area contributed by atoms with Crippen LogP contribution in [0.4, 0.5) is 4.39 Å². The van der Waals surface area contributed by atoms with Crippen molar-refractivity contribution in [2.75, 3.05) is 7.15 Å². The maximum Gasteiger partial charge on any atom is 0.190 e. The smallest absolute Gasteiger partial charge is 0.190 e. The van der Waals surface area contributed by atoms with Gasteiger partial charge < -0.3 is 0 Å². The molecule has 0 saturated carbocycles. The third kappa shape index (κ3) is 8.81. The highest BCUT2D eigenvalue weighted by atomic mass is 127. The lowest BCUT2D eigenvalue weighted by molar-refractivity contribution is 0.636. The zero-order valence-corrected chi connectivity index (χ0v) is 14.6. The Morgan fingerprint density at radius 1 is 1.06 bits per heavy atom. The molecule has 0 aliphatic carbocycles. The molecule has 0 atom stereocenters. The van der Waals surface area contributed by atoms with E-state index in [1.165, 1.54) is 0 Å². The summed E-state index contributed by atoms with van der Waals surface area (Å²) < 4.78 is 18.1. The fraction of sp³-hybridized carbons (Fsp3) is 0.200. The van der Waals surface area contributed by atoms with Gasteiger partial charge in [0.25, 0.3) is 0 Å². The van der Waals surface area contributed by atoms with Crippen molar-refractivity contribution in [2.45, 2.75) is 6.92 Å². The summed E-state index contributed by atoms with van der Waals surface area (Å²) in [5, 5.41) is 0. The Bertz CT molecular complexity index is 373. The van der Waals surface area contributed by atoms with Crippen molar-refractivity contribution in [3.8, 4) is 0 Å². The molecule has 18 heavy (non-hydrogen) atoms. The monoisotopic (exact) mass is 491 g/mol. The van der Waals surface area contributed by atoms with Crippen molar-refractivity contribution < 1.29 is 5.76 Å². The normalized spacial score (nSPS) is 9.28. The van der Waals surface area contributed by atoms with Crippen molar-refractivity contribution in [3.05, 3.63) is 43.4 Å². The molecule has 98 valence electrons. The van der Waals surface area contributed by atoms with Crippen LogP contribution in [0, 0.1) is 10.8 Å². The van der Waals surface area contributed by atoms with E-state index in [-0.39, 0.29) is 0 Å². The van der Waals surface area contributed by atoms with Crippen molar-refractivity contribution >= 4 is 54.5 Å². The minimum Gasteiger partial charge on any atom is -0.255 e. The molecule has 2 aromatic rings. The first-order valence-corrected chi connectivity index (χ1v) is 7.08. The zero-order chi connectivity index (χ0) is 14.7. The maximum atomic E-state index is 9.96. The Labute approximate surface area is 137 Å². The quantitative estimate of drug-likeness (QED) is 0.412. The van der Waals surface area contributed by atoms with Crippen molar-refractivity contribution in [1.82, 2.24) is 19.9 Å². The molecule has 0 unspecified atom stereocenters. The fourth-order valence-corrected chi connectivity index (χ4v) is 1.36. The molecule has 0 amide bonds. The molecule has 0 aliphatic heterocycles. The molecule has 2 rings (SSSR count). The first-order chi connectivity index (χ1) is 8.99. The van der Waals surface area contributed by atoms with Crippen LogP contribution in [0.2, 0.25) is 0 Å².